The minimum atomic E-state index is 0. The zero-order valence-corrected chi connectivity index (χ0v) is 63.5. The number of hydrogen-bond donors (Lipinski definition) is 0. The minimum absolute atomic E-state index is 0. The van der Waals surface area contributed by atoms with Gasteiger partial charge in [0.2, 0.25) is 0 Å². The Hall–Kier alpha value is -7.94. The van der Waals surface area contributed by atoms with E-state index < -0.39 is 0 Å². The van der Waals surface area contributed by atoms with Crippen LogP contribution in [0.1, 0.15) is 88.2 Å². The molecule has 0 aromatic heterocycles. The monoisotopic (exact) mass is 1450 g/mol. The Morgan fingerprint density at radius 1 is 0.284 bits per heavy atom. The molecule has 0 radical (unpaired) electrons. The molecule has 8 bridgehead atoms. The van der Waals surface area contributed by atoms with Crippen LogP contribution in [0.2, 0.25) is 13.1 Å². The zero-order chi connectivity index (χ0) is 66.4. The predicted octanol–water partition coefficient (Wildman–Crippen LogP) is 21.3. The van der Waals surface area contributed by atoms with Gasteiger partial charge in [-0.25, -0.2) is 0 Å². The van der Waals surface area contributed by atoms with Gasteiger partial charge in [-0.1, -0.05) is 241 Å². The maximum atomic E-state index is 2.62. The Balaban J connectivity index is 0.000000136. The molecule has 8 fully saturated rings. The van der Waals surface area contributed by atoms with Crippen LogP contribution in [0.25, 0.3) is 152 Å². The summed E-state index contributed by atoms with van der Waals surface area (Å²) < 4.78 is 0. The van der Waals surface area contributed by atoms with Crippen molar-refractivity contribution in [1.29, 1.82) is 0 Å². The fourth-order valence-corrected chi connectivity index (χ4v) is 22.9. The van der Waals surface area contributed by atoms with E-state index in [0.29, 0.717) is 10.8 Å². The van der Waals surface area contributed by atoms with Crippen LogP contribution in [0.5, 0.6) is 0 Å². The first-order valence-electron chi connectivity index (χ1n) is 37.7. The van der Waals surface area contributed by atoms with E-state index in [1.165, 1.54) is 242 Å². The van der Waals surface area contributed by atoms with E-state index in [9.17, 15) is 0 Å². The molecule has 500 valence electrons. The number of benzene rings is 14. The first-order chi connectivity index (χ1) is 49.1. The van der Waals surface area contributed by atoms with Crippen LogP contribution in [0.4, 0.5) is 0 Å². The molecule has 0 N–H and O–H groups in total. The Kier molecular flexibility index (Phi) is 17.1. The Morgan fingerprint density at radius 2 is 0.480 bits per heavy atom. The number of rotatable bonds is 8. The maximum Gasteiger partial charge on any atom is -0.0107 e. The summed E-state index contributed by atoms with van der Waals surface area (Å²) in [5.74, 6) is 5.81. The van der Waals surface area contributed by atoms with E-state index in [4.69, 9.17) is 0 Å². The maximum absolute atomic E-state index is 2.62. The molecule has 4 heteroatoms. The SMILES string of the molecule is C[Si](C)=[Zr+2].[Cl-].[Cl-].c1ccc2c(-c3ccc(-c4c5ccccc5cc5ccccc45)c4[cH-]c(CC56CC7CC(CC(C7)C5)C6)cc34)c3ccccc3cc2c1.c1ccc2c(-c3ccc(-c4c5ccccc5cc5ccccc45)c4[cH-]c(CC56CC7CC(CC(C7)C5)C6)cc34)c3ccccc3cc2c1. The molecule has 0 nitrogen and oxygen atoms in total. The number of hydrogen-bond acceptors (Lipinski definition) is 0. The summed E-state index contributed by atoms with van der Waals surface area (Å²) in [6.07, 6.45) is 20.1. The smallest absolute Gasteiger partial charge is 0.0107 e. The molecule has 0 amide bonds. The fraction of sp³-hybridized carbons (Fsp3) is 0.245. The predicted molar refractivity (Wildman–Crippen MR) is 427 cm³/mol. The van der Waals surface area contributed by atoms with Gasteiger partial charge in [0.15, 0.2) is 0 Å². The van der Waals surface area contributed by atoms with Crippen LogP contribution >= 0.6 is 0 Å². The van der Waals surface area contributed by atoms with E-state index in [1.807, 2.05) is 0 Å². The summed E-state index contributed by atoms with van der Waals surface area (Å²) in [5, 5.41) is 26.8. The first kappa shape index (κ1) is 66.0. The summed E-state index contributed by atoms with van der Waals surface area (Å²) in [7, 11) is 0. The van der Waals surface area contributed by atoms with Gasteiger partial charge in [-0.15, -0.1) is 44.8 Å². The van der Waals surface area contributed by atoms with Gasteiger partial charge < -0.3 is 24.8 Å². The van der Waals surface area contributed by atoms with Crippen molar-refractivity contribution < 1.29 is 48.1 Å². The average Bonchev–Trinajstić information content (AvgIpc) is 1.47. The quantitative estimate of drug-likeness (QED) is 0.0808. The molecule has 24 rings (SSSR count). The average molecular weight is 1450 g/mol. The van der Waals surface area contributed by atoms with Crippen LogP contribution in [-0.4, -0.2) is 5.43 Å². The third kappa shape index (κ3) is 11.5. The van der Waals surface area contributed by atoms with E-state index in [1.54, 1.807) is 34.5 Å². The van der Waals surface area contributed by atoms with E-state index in [-0.39, 0.29) is 30.2 Å². The minimum Gasteiger partial charge on any atom is -1.00 e. The second-order valence-corrected chi connectivity index (χ2v) is 42.0. The zero-order valence-electron chi connectivity index (χ0n) is 58.5. The van der Waals surface area contributed by atoms with Crippen molar-refractivity contribution in [2.24, 2.45) is 46.3 Å². The largest absolute Gasteiger partial charge is 1.00 e. The molecule has 8 saturated carbocycles. The Bertz CT molecular complexity index is 5050. The van der Waals surface area contributed by atoms with E-state index in [0.717, 1.165) is 35.5 Å². The molecule has 0 heterocycles. The summed E-state index contributed by atoms with van der Waals surface area (Å²) in [6.45, 7) is 4.62. The van der Waals surface area contributed by atoms with Gasteiger partial charge in [0, 0.05) is 0 Å². The van der Waals surface area contributed by atoms with Gasteiger partial charge in [-0.3, -0.25) is 0 Å². The third-order valence-corrected chi connectivity index (χ3v) is 25.5. The van der Waals surface area contributed by atoms with Gasteiger partial charge in [0.1, 0.15) is 0 Å². The summed E-state index contributed by atoms with van der Waals surface area (Å²) >= 11 is 1.74. The van der Waals surface area contributed by atoms with Gasteiger partial charge in [0.05, 0.1) is 0 Å². The van der Waals surface area contributed by atoms with Crippen molar-refractivity contribution in [1.82, 2.24) is 0 Å². The Labute approximate surface area is 627 Å². The van der Waals surface area contributed by atoms with Crippen molar-refractivity contribution in [3.05, 3.63) is 278 Å². The molecule has 8 aliphatic rings. The van der Waals surface area contributed by atoms with Crippen molar-refractivity contribution in [3.8, 4) is 44.5 Å². The standard InChI is InChI=1S/2C48H39.C2H6Si.2ClH.Zr/c2*1-5-13-38-34(9-1)24-35-10-2-6-14-39(35)46(38)42-17-18-43(47-40-15-7-3-11-36(40)25-37-12-4-8-16-41(37)47)45-23-33(22-44(42)45)29-48-26-30-19-31(27-48)21-32(20-30)28-48;1-3-2;;;/h2*1-18,22-25,30-32H,19-21,26-29H2;1-2H3;2*1H;/q2*-1;;;;+2/p-2. The van der Waals surface area contributed by atoms with Crippen LogP contribution < -0.4 is 24.8 Å². The van der Waals surface area contributed by atoms with Crippen LogP contribution in [0.3, 0.4) is 0 Å². The van der Waals surface area contributed by atoms with Crippen molar-refractivity contribution in [2.75, 3.05) is 0 Å². The fourth-order valence-electron chi connectivity index (χ4n) is 22.9. The van der Waals surface area contributed by atoms with Crippen LogP contribution in [0, 0.1) is 46.3 Å². The third-order valence-electron chi connectivity index (χ3n) is 25.5. The van der Waals surface area contributed by atoms with Crippen molar-refractivity contribution >= 4 is 113 Å². The number of fused-ring (bicyclic) bond motifs is 10. The molecule has 0 aliphatic heterocycles. The van der Waals surface area contributed by atoms with Crippen molar-refractivity contribution in [3.63, 3.8) is 0 Å². The summed E-state index contributed by atoms with van der Waals surface area (Å²) in [6, 6.07) is 102. The van der Waals surface area contributed by atoms with Gasteiger partial charge in [0.25, 0.3) is 0 Å². The molecule has 102 heavy (non-hydrogen) atoms. The Morgan fingerprint density at radius 3 is 0.706 bits per heavy atom. The molecule has 16 aromatic rings. The summed E-state index contributed by atoms with van der Waals surface area (Å²) in [5.41, 5.74) is 15.2. The molecule has 8 aliphatic carbocycles. The second-order valence-electron chi connectivity index (χ2n) is 32.7. The molecule has 16 aromatic carbocycles. The second kappa shape index (κ2) is 26.3. The molecule has 0 spiro atoms. The topological polar surface area (TPSA) is 0 Å². The molecule has 0 saturated heterocycles. The van der Waals surface area contributed by atoms with Crippen LogP contribution in [0.15, 0.2) is 267 Å². The van der Waals surface area contributed by atoms with E-state index >= 15 is 0 Å². The number of halogens is 2. The molecule has 0 atom stereocenters. The summed E-state index contributed by atoms with van der Waals surface area (Å²) in [4.78, 5) is 0. The molecular weight excluding hydrogens is 1370 g/mol. The van der Waals surface area contributed by atoms with Crippen molar-refractivity contribution in [2.45, 2.75) is 103 Å². The molecular formula is C98H84Cl2SiZr-2. The van der Waals surface area contributed by atoms with Crippen LogP contribution in [-0.2, 0) is 36.2 Å². The molecule has 0 unspecified atom stereocenters. The van der Waals surface area contributed by atoms with Gasteiger partial charge >= 0.3 is 41.9 Å². The normalized spacial score (nSPS) is 22.2. The van der Waals surface area contributed by atoms with Gasteiger partial charge in [-0.05, 0) is 269 Å². The van der Waals surface area contributed by atoms with E-state index in [2.05, 4.69) is 280 Å². The first-order valence-corrected chi connectivity index (χ1v) is 43.9. The van der Waals surface area contributed by atoms with Gasteiger partial charge in [-0.2, -0.15) is 12.1 Å².